The number of carbonyl (C=O) groups excluding carboxylic acids is 1. The average molecular weight is 260 g/mol. The average Bonchev–Trinajstić information content (AvgIpc) is 2.29. The molecule has 5 nitrogen and oxygen atoms in total. The van der Waals surface area contributed by atoms with Gasteiger partial charge in [0.2, 0.25) is 0 Å². The van der Waals surface area contributed by atoms with E-state index in [1.165, 1.54) is 13.2 Å². The van der Waals surface area contributed by atoms with Gasteiger partial charge in [0, 0.05) is 5.02 Å². The summed E-state index contributed by atoms with van der Waals surface area (Å²) in [5, 5.41) is 9.03. The van der Waals surface area contributed by atoms with Crippen molar-refractivity contribution in [3.8, 4) is 0 Å². The zero-order chi connectivity index (χ0) is 12.8. The van der Waals surface area contributed by atoms with Crippen LogP contribution in [0.25, 0.3) is 0 Å². The Morgan fingerprint density at radius 3 is 2.82 bits per heavy atom. The molecular weight excluding hydrogens is 246 g/mol. The normalized spacial score (nSPS) is 10.1. The summed E-state index contributed by atoms with van der Waals surface area (Å²) in [6, 6.07) is 3.18. The van der Waals surface area contributed by atoms with Gasteiger partial charge in [-0.25, -0.2) is 4.79 Å². The van der Waals surface area contributed by atoms with Gasteiger partial charge < -0.3 is 9.84 Å². The van der Waals surface area contributed by atoms with Gasteiger partial charge in [-0.3, -0.25) is 10.3 Å². The van der Waals surface area contributed by atoms with E-state index in [4.69, 9.17) is 26.3 Å². The second-order valence-electron chi connectivity index (χ2n) is 3.31. The number of hydrogen-bond donors (Lipinski definition) is 2. The van der Waals surface area contributed by atoms with E-state index in [-0.39, 0.29) is 18.8 Å². The number of carbonyl (C=O) groups is 1. The maximum atomic E-state index is 11.7. The number of halogens is 1. The van der Waals surface area contributed by atoms with Crippen LogP contribution in [-0.2, 0) is 9.57 Å². The van der Waals surface area contributed by atoms with Crippen LogP contribution in [0, 0.1) is 6.92 Å². The third-order valence-electron chi connectivity index (χ3n) is 2.05. The van der Waals surface area contributed by atoms with Crippen molar-refractivity contribution in [3.63, 3.8) is 0 Å². The highest BCUT2D eigenvalue weighted by molar-refractivity contribution is 6.31. The molecule has 0 bridgehead atoms. The van der Waals surface area contributed by atoms with Crippen molar-refractivity contribution in [3.05, 3.63) is 28.3 Å². The van der Waals surface area contributed by atoms with Crippen LogP contribution in [0.4, 0.5) is 5.69 Å². The van der Waals surface area contributed by atoms with Gasteiger partial charge in [0.15, 0.2) is 0 Å². The van der Waals surface area contributed by atoms with Crippen molar-refractivity contribution < 1.29 is 19.5 Å². The molecule has 0 aromatic heterocycles. The molecule has 94 valence electrons. The van der Waals surface area contributed by atoms with E-state index in [9.17, 15) is 4.79 Å². The summed E-state index contributed by atoms with van der Waals surface area (Å²) in [4.78, 5) is 16.5. The lowest BCUT2D eigenvalue weighted by atomic mass is 10.1. The molecule has 0 saturated carbocycles. The van der Waals surface area contributed by atoms with E-state index in [0.29, 0.717) is 10.7 Å². The smallest absolute Gasteiger partial charge is 0.340 e. The Labute approximate surface area is 104 Å². The van der Waals surface area contributed by atoms with E-state index >= 15 is 0 Å². The van der Waals surface area contributed by atoms with E-state index in [1.54, 1.807) is 13.0 Å². The highest BCUT2D eigenvalue weighted by Crippen LogP contribution is 2.26. The summed E-state index contributed by atoms with van der Waals surface area (Å²) < 4.78 is 4.83. The molecule has 0 fully saturated rings. The zero-order valence-corrected chi connectivity index (χ0v) is 10.4. The molecule has 0 amide bonds. The number of aliphatic hydroxyl groups is 1. The van der Waals surface area contributed by atoms with Gasteiger partial charge in [0.25, 0.3) is 0 Å². The Morgan fingerprint density at radius 1 is 1.53 bits per heavy atom. The molecule has 0 unspecified atom stereocenters. The van der Waals surface area contributed by atoms with Crippen LogP contribution >= 0.6 is 11.6 Å². The minimum absolute atomic E-state index is 0.0587. The first-order valence-electron chi connectivity index (χ1n) is 4.97. The van der Waals surface area contributed by atoms with Crippen molar-refractivity contribution in [2.45, 2.75) is 6.92 Å². The first kappa shape index (κ1) is 13.8. The molecule has 1 aromatic rings. The number of aryl methyl sites for hydroxylation is 1. The minimum Gasteiger partial charge on any atom is -0.460 e. The Kier molecular flexibility index (Phi) is 5.21. The predicted octanol–water partition coefficient (Wildman–Crippen LogP) is 1.77. The monoisotopic (exact) mass is 259 g/mol. The van der Waals surface area contributed by atoms with Crippen LogP contribution in [0.1, 0.15) is 15.9 Å². The number of esters is 1. The Hall–Kier alpha value is -1.30. The van der Waals surface area contributed by atoms with Crippen molar-refractivity contribution in [1.29, 1.82) is 0 Å². The fraction of sp³-hybridized carbons (Fsp3) is 0.364. The molecule has 17 heavy (non-hydrogen) atoms. The molecular formula is C11H14ClNO4. The van der Waals surface area contributed by atoms with Crippen LogP contribution in [-0.4, -0.2) is 31.4 Å². The third-order valence-corrected chi connectivity index (χ3v) is 2.27. The van der Waals surface area contributed by atoms with Gasteiger partial charge in [0.05, 0.1) is 25.0 Å². The molecule has 0 heterocycles. The SMILES string of the molecule is CONc1c(C)cc(Cl)cc1C(=O)OCCO. The Bertz CT molecular complexity index is 409. The van der Waals surface area contributed by atoms with Crippen molar-refractivity contribution in [1.82, 2.24) is 0 Å². The van der Waals surface area contributed by atoms with Crippen LogP contribution in [0.2, 0.25) is 5.02 Å². The maximum absolute atomic E-state index is 11.7. The quantitative estimate of drug-likeness (QED) is 0.623. The van der Waals surface area contributed by atoms with Gasteiger partial charge in [-0.05, 0) is 24.6 Å². The van der Waals surface area contributed by atoms with E-state index in [0.717, 1.165) is 5.56 Å². The van der Waals surface area contributed by atoms with E-state index in [2.05, 4.69) is 5.48 Å². The molecule has 0 aliphatic carbocycles. The van der Waals surface area contributed by atoms with Crippen LogP contribution in [0.3, 0.4) is 0 Å². The highest BCUT2D eigenvalue weighted by Gasteiger charge is 2.16. The topological polar surface area (TPSA) is 67.8 Å². The first-order chi connectivity index (χ1) is 8.10. The zero-order valence-electron chi connectivity index (χ0n) is 9.62. The summed E-state index contributed by atoms with van der Waals surface area (Å²) in [6.45, 7) is 1.51. The van der Waals surface area contributed by atoms with Crippen LogP contribution in [0.5, 0.6) is 0 Å². The molecule has 1 aromatic carbocycles. The Balaban J connectivity index is 3.06. The molecule has 0 saturated heterocycles. The van der Waals surface area contributed by atoms with E-state index < -0.39 is 5.97 Å². The number of ether oxygens (including phenoxy) is 1. The molecule has 0 radical (unpaired) electrons. The van der Waals surface area contributed by atoms with Gasteiger partial charge in [-0.1, -0.05) is 11.6 Å². The van der Waals surface area contributed by atoms with Crippen molar-refractivity contribution in [2.75, 3.05) is 25.8 Å². The van der Waals surface area contributed by atoms with Gasteiger partial charge in [0.1, 0.15) is 6.61 Å². The fourth-order valence-electron chi connectivity index (χ4n) is 1.36. The summed E-state index contributed by atoms with van der Waals surface area (Å²) in [5.74, 6) is -0.566. The van der Waals surface area contributed by atoms with Crippen molar-refractivity contribution >= 4 is 23.3 Å². The second kappa shape index (κ2) is 6.44. The van der Waals surface area contributed by atoms with Crippen molar-refractivity contribution in [2.24, 2.45) is 0 Å². The van der Waals surface area contributed by atoms with Crippen LogP contribution < -0.4 is 5.48 Å². The summed E-state index contributed by atoms with van der Waals surface area (Å²) in [7, 11) is 1.44. The summed E-state index contributed by atoms with van der Waals surface area (Å²) >= 11 is 5.87. The number of anilines is 1. The van der Waals surface area contributed by atoms with Gasteiger partial charge in [-0.15, -0.1) is 0 Å². The Morgan fingerprint density at radius 2 is 2.24 bits per heavy atom. The number of benzene rings is 1. The molecule has 0 aliphatic heterocycles. The molecule has 0 spiro atoms. The molecule has 0 aliphatic rings. The summed E-state index contributed by atoms with van der Waals surface area (Å²) in [6.07, 6.45) is 0. The standard InChI is InChI=1S/C11H14ClNO4/c1-7-5-8(12)6-9(10(7)13-16-2)11(15)17-4-3-14/h5-6,13-14H,3-4H2,1-2H3. The predicted molar refractivity (Wildman–Crippen MR) is 64.2 cm³/mol. The highest BCUT2D eigenvalue weighted by atomic mass is 35.5. The molecule has 2 N–H and O–H groups in total. The second-order valence-corrected chi connectivity index (χ2v) is 3.75. The number of nitrogens with one attached hydrogen (secondary N) is 1. The van der Waals surface area contributed by atoms with Gasteiger partial charge in [-0.2, -0.15) is 0 Å². The number of hydrogen-bond acceptors (Lipinski definition) is 5. The molecule has 1 rings (SSSR count). The molecule has 6 heteroatoms. The lowest BCUT2D eigenvalue weighted by Crippen LogP contribution is -2.12. The lowest BCUT2D eigenvalue weighted by Gasteiger charge is -2.13. The van der Waals surface area contributed by atoms with E-state index in [1.807, 2.05) is 0 Å². The van der Waals surface area contributed by atoms with Gasteiger partial charge >= 0.3 is 5.97 Å². The largest absolute Gasteiger partial charge is 0.460 e. The van der Waals surface area contributed by atoms with Crippen LogP contribution in [0.15, 0.2) is 12.1 Å². The minimum atomic E-state index is -0.566. The third kappa shape index (κ3) is 3.59. The maximum Gasteiger partial charge on any atom is 0.340 e. The lowest BCUT2D eigenvalue weighted by molar-refractivity contribution is 0.0434. The fourth-order valence-corrected chi connectivity index (χ4v) is 1.63. The summed E-state index contributed by atoms with van der Waals surface area (Å²) in [5.41, 5.74) is 4.14. The number of rotatable bonds is 5. The first-order valence-corrected chi connectivity index (χ1v) is 5.35. The number of aliphatic hydroxyl groups excluding tert-OH is 1. The molecule has 0 atom stereocenters.